The Morgan fingerprint density at radius 1 is 1.27 bits per heavy atom. The van der Waals surface area contributed by atoms with Crippen LogP contribution in [-0.4, -0.2) is 42.4 Å². The minimum atomic E-state index is -0.284. The first-order valence-corrected chi connectivity index (χ1v) is 7.66. The van der Waals surface area contributed by atoms with E-state index in [1.54, 1.807) is 6.07 Å². The lowest BCUT2D eigenvalue weighted by Crippen LogP contribution is -2.24. The highest BCUT2D eigenvalue weighted by Crippen LogP contribution is 2.20. The van der Waals surface area contributed by atoms with Gasteiger partial charge in [-0.15, -0.1) is 0 Å². The molecular formula is C16H20FN3O2. The largest absolute Gasteiger partial charge is 0.381 e. The zero-order valence-electron chi connectivity index (χ0n) is 12.4. The number of ether oxygens (including phenoxy) is 2. The summed E-state index contributed by atoms with van der Waals surface area (Å²) in [6, 6.07) is 4.52. The van der Waals surface area contributed by atoms with E-state index in [1.165, 1.54) is 18.5 Å². The predicted octanol–water partition coefficient (Wildman–Crippen LogP) is 2.77. The Kier molecular flexibility index (Phi) is 5.13. The zero-order valence-corrected chi connectivity index (χ0v) is 12.4. The van der Waals surface area contributed by atoms with Crippen LogP contribution < -0.4 is 5.32 Å². The van der Waals surface area contributed by atoms with Gasteiger partial charge in [-0.25, -0.2) is 14.4 Å². The number of hydrogen-bond donors (Lipinski definition) is 1. The summed E-state index contributed by atoms with van der Waals surface area (Å²) in [5.74, 6) is 0.378. The summed E-state index contributed by atoms with van der Waals surface area (Å²) in [6.45, 7) is 3.02. The Labute approximate surface area is 128 Å². The summed E-state index contributed by atoms with van der Waals surface area (Å²) in [4.78, 5) is 8.32. The molecule has 5 nitrogen and oxygen atoms in total. The molecule has 0 spiro atoms. The molecule has 0 atom stereocenters. The molecule has 1 aromatic heterocycles. The average Bonchev–Trinajstić information content (AvgIpc) is 2.56. The monoisotopic (exact) mass is 305 g/mol. The molecule has 1 aliphatic rings. The Morgan fingerprint density at radius 3 is 3.00 bits per heavy atom. The van der Waals surface area contributed by atoms with Gasteiger partial charge in [0.15, 0.2) is 0 Å². The van der Waals surface area contributed by atoms with Crippen LogP contribution in [0.2, 0.25) is 0 Å². The molecule has 0 radical (unpaired) electrons. The van der Waals surface area contributed by atoms with Crippen LogP contribution in [0.3, 0.4) is 0 Å². The van der Waals surface area contributed by atoms with Crippen molar-refractivity contribution in [3.05, 3.63) is 30.3 Å². The summed E-state index contributed by atoms with van der Waals surface area (Å²) in [5.41, 5.74) is 0.734. The molecule has 22 heavy (non-hydrogen) atoms. The van der Waals surface area contributed by atoms with E-state index in [0.717, 1.165) is 44.5 Å². The van der Waals surface area contributed by atoms with Crippen LogP contribution in [-0.2, 0) is 9.47 Å². The van der Waals surface area contributed by atoms with Gasteiger partial charge in [-0.1, -0.05) is 0 Å². The number of halogens is 1. The third-order valence-electron chi connectivity index (χ3n) is 3.73. The molecular weight excluding hydrogens is 285 g/mol. The standard InChI is InChI=1S/C16H20FN3O2/c17-12-2-3-15-14(10-12)16(20-11-19-15)18-6-1-7-22-13-4-8-21-9-5-13/h2-3,10-11,13H,1,4-9H2,(H,18,19,20). The van der Waals surface area contributed by atoms with E-state index in [0.29, 0.717) is 23.9 Å². The molecule has 1 aromatic carbocycles. The Morgan fingerprint density at radius 2 is 2.14 bits per heavy atom. The fourth-order valence-corrected chi connectivity index (χ4v) is 2.54. The molecule has 2 aromatic rings. The third-order valence-corrected chi connectivity index (χ3v) is 3.73. The molecule has 0 unspecified atom stereocenters. The lowest BCUT2D eigenvalue weighted by molar-refractivity contribution is -0.0316. The molecule has 118 valence electrons. The number of aromatic nitrogens is 2. The van der Waals surface area contributed by atoms with Crippen molar-refractivity contribution in [3.63, 3.8) is 0 Å². The zero-order chi connectivity index (χ0) is 15.2. The van der Waals surface area contributed by atoms with Crippen molar-refractivity contribution in [1.82, 2.24) is 9.97 Å². The van der Waals surface area contributed by atoms with Gasteiger partial charge in [0.2, 0.25) is 0 Å². The average molecular weight is 305 g/mol. The number of hydrogen-bond acceptors (Lipinski definition) is 5. The fraction of sp³-hybridized carbons (Fsp3) is 0.500. The Bertz CT molecular complexity index is 617. The summed E-state index contributed by atoms with van der Waals surface area (Å²) < 4.78 is 24.5. The topological polar surface area (TPSA) is 56.3 Å². The normalized spacial score (nSPS) is 16.0. The van der Waals surface area contributed by atoms with Crippen molar-refractivity contribution >= 4 is 16.7 Å². The van der Waals surface area contributed by atoms with E-state index in [9.17, 15) is 4.39 Å². The Balaban J connectivity index is 1.48. The van der Waals surface area contributed by atoms with Crippen LogP contribution in [0.25, 0.3) is 10.9 Å². The Hall–Kier alpha value is -1.79. The molecule has 0 bridgehead atoms. The predicted molar refractivity (Wildman–Crippen MR) is 82.4 cm³/mol. The van der Waals surface area contributed by atoms with Gasteiger partial charge >= 0.3 is 0 Å². The van der Waals surface area contributed by atoms with Crippen LogP contribution >= 0.6 is 0 Å². The maximum absolute atomic E-state index is 13.4. The van der Waals surface area contributed by atoms with Crippen LogP contribution in [0.15, 0.2) is 24.5 Å². The molecule has 1 aliphatic heterocycles. The van der Waals surface area contributed by atoms with Gasteiger partial charge in [0, 0.05) is 31.8 Å². The minimum Gasteiger partial charge on any atom is -0.381 e. The van der Waals surface area contributed by atoms with Crippen LogP contribution in [0.5, 0.6) is 0 Å². The van der Waals surface area contributed by atoms with Crippen molar-refractivity contribution in [2.45, 2.75) is 25.4 Å². The first kappa shape index (κ1) is 15.1. The van der Waals surface area contributed by atoms with Gasteiger partial charge in [-0.05, 0) is 37.5 Å². The maximum Gasteiger partial charge on any atom is 0.137 e. The quantitative estimate of drug-likeness (QED) is 0.832. The van der Waals surface area contributed by atoms with Crippen molar-refractivity contribution in [3.8, 4) is 0 Å². The maximum atomic E-state index is 13.4. The van der Waals surface area contributed by atoms with Gasteiger partial charge in [0.25, 0.3) is 0 Å². The van der Waals surface area contributed by atoms with E-state index in [-0.39, 0.29) is 5.82 Å². The van der Waals surface area contributed by atoms with Crippen molar-refractivity contribution in [2.75, 3.05) is 31.7 Å². The number of fused-ring (bicyclic) bond motifs is 1. The number of rotatable bonds is 6. The van der Waals surface area contributed by atoms with E-state index in [4.69, 9.17) is 9.47 Å². The lowest BCUT2D eigenvalue weighted by atomic mass is 10.1. The van der Waals surface area contributed by atoms with E-state index in [2.05, 4.69) is 15.3 Å². The van der Waals surface area contributed by atoms with Crippen molar-refractivity contribution < 1.29 is 13.9 Å². The third kappa shape index (κ3) is 3.90. The number of benzene rings is 1. The second-order valence-electron chi connectivity index (χ2n) is 5.35. The van der Waals surface area contributed by atoms with Crippen LogP contribution in [0.1, 0.15) is 19.3 Å². The lowest BCUT2D eigenvalue weighted by Gasteiger charge is -2.22. The SMILES string of the molecule is Fc1ccc2ncnc(NCCCOC3CCOCC3)c2c1. The van der Waals surface area contributed by atoms with Crippen molar-refractivity contribution in [2.24, 2.45) is 0 Å². The molecule has 6 heteroatoms. The number of nitrogens with one attached hydrogen (secondary N) is 1. The first-order valence-electron chi connectivity index (χ1n) is 7.66. The summed E-state index contributed by atoms with van der Waals surface area (Å²) in [6.07, 6.45) is 4.63. The smallest absolute Gasteiger partial charge is 0.137 e. The second kappa shape index (κ2) is 7.47. The number of nitrogens with zero attached hydrogens (tertiary/aromatic N) is 2. The van der Waals surface area contributed by atoms with E-state index in [1.807, 2.05) is 0 Å². The van der Waals surface area contributed by atoms with Crippen LogP contribution in [0.4, 0.5) is 10.2 Å². The highest BCUT2D eigenvalue weighted by atomic mass is 19.1. The van der Waals surface area contributed by atoms with Gasteiger partial charge in [-0.2, -0.15) is 0 Å². The highest BCUT2D eigenvalue weighted by Gasteiger charge is 2.13. The molecule has 1 fully saturated rings. The molecule has 0 aliphatic carbocycles. The molecule has 1 N–H and O–H groups in total. The summed E-state index contributed by atoms with van der Waals surface area (Å²) >= 11 is 0. The number of anilines is 1. The molecule has 3 rings (SSSR count). The van der Waals surface area contributed by atoms with Gasteiger partial charge < -0.3 is 14.8 Å². The van der Waals surface area contributed by atoms with Gasteiger partial charge in [-0.3, -0.25) is 0 Å². The summed E-state index contributed by atoms with van der Waals surface area (Å²) in [5, 5.41) is 3.93. The minimum absolute atomic E-state index is 0.284. The summed E-state index contributed by atoms with van der Waals surface area (Å²) in [7, 11) is 0. The molecule has 1 saturated heterocycles. The van der Waals surface area contributed by atoms with Crippen LogP contribution in [0, 0.1) is 5.82 Å². The molecule has 0 amide bonds. The van der Waals surface area contributed by atoms with E-state index < -0.39 is 0 Å². The molecule has 0 saturated carbocycles. The second-order valence-corrected chi connectivity index (χ2v) is 5.35. The molecule has 2 heterocycles. The van der Waals surface area contributed by atoms with Gasteiger partial charge in [0.05, 0.1) is 11.6 Å². The van der Waals surface area contributed by atoms with E-state index >= 15 is 0 Å². The highest BCUT2D eigenvalue weighted by molar-refractivity contribution is 5.88. The first-order chi connectivity index (χ1) is 10.8. The van der Waals surface area contributed by atoms with Gasteiger partial charge in [0.1, 0.15) is 18.0 Å². The van der Waals surface area contributed by atoms with Crippen molar-refractivity contribution in [1.29, 1.82) is 0 Å². The fourth-order valence-electron chi connectivity index (χ4n) is 2.54.